The van der Waals surface area contributed by atoms with Crippen molar-refractivity contribution in [3.8, 4) is 0 Å². The average molecular weight is 143 g/mol. The van der Waals surface area contributed by atoms with Crippen LogP contribution in [0.1, 0.15) is 27.7 Å². The van der Waals surface area contributed by atoms with E-state index in [1.165, 1.54) is 18.0 Å². The Morgan fingerprint density at radius 3 is 1.50 bits per heavy atom. The summed E-state index contributed by atoms with van der Waals surface area (Å²) in [6.07, 6.45) is 0. The van der Waals surface area contributed by atoms with E-state index in [4.69, 9.17) is 0 Å². The van der Waals surface area contributed by atoms with E-state index < -0.39 is 0 Å². The average Bonchev–Trinajstić information content (AvgIpc) is 1.58. The first-order valence-electron chi connectivity index (χ1n) is 4.19. The summed E-state index contributed by atoms with van der Waals surface area (Å²) < 4.78 is 0. The summed E-state index contributed by atoms with van der Waals surface area (Å²) in [6.45, 7) is 11.4. The molecule has 0 aliphatic carbocycles. The van der Waals surface area contributed by atoms with Crippen LogP contribution in [0.5, 0.6) is 0 Å². The quantitative estimate of drug-likeness (QED) is 0.559. The van der Waals surface area contributed by atoms with Gasteiger partial charge in [-0.3, -0.25) is 0 Å². The summed E-state index contributed by atoms with van der Waals surface area (Å²) in [5.41, 5.74) is 0. The molecule has 0 bridgehead atoms. The van der Waals surface area contributed by atoms with Crippen LogP contribution >= 0.6 is 0 Å². The highest BCUT2D eigenvalue weighted by atomic mass is 15.1. The Morgan fingerprint density at radius 1 is 1.00 bits per heavy atom. The molecule has 0 fully saturated rings. The van der Waals surface area contributed by atoms with Gasteiger partial charge in [-0.05, 0) is 0 Å². The Labute approximate surface area is 65.4 Å². The van der Waals surface area contributed by atoms with Crippen molar-refractivity contribution in [1.82, 2.24) is 0 Å². The maximum atomic E-state index is 4.04. The van der Waals surface area contributed by atoms with Gasteiger partial charge in [0.2, 0.25) is 0 Å². The van der Waals surface area contributed by atoms with Gasteiger partial charge in [0.05, 0.1) is 13.1 Å². The van der Waals surface area contributed by atoms with E-state index >= 15 is 0 Å². The fourth-order valence-corrected chi connectivity index (χ4v) is 1.24. The minimum absolute atomic E-state index is 0.770. The van der Waals surface area contributed by atoms with Crippen LogP contribution in [-0.2, 0) is 0 Å². The third-order valence-corrected chi connectivity index (χ3v) is 1.39. The van der Waals surface area contributed by atoms with Gasteiger partial charge in [0.15, 0.2) is 0 Å². The molecule has 0 aliphatic heterocycles. The lowest BCUT2D eigenvalue weighted by Gasteiger charge is -2.24. The topological polar surface area (TPSA) is 4.44 Å². The number of rotatable bonds is 4. The fraction of sp³-hybridized carbons (Fsp3) is 0.889. The van der Waals surface area contributed by atoms with Gasteiger partial charge in [0.1, 0.15) is 0 Å². The molecule has 0 saturated heterocycles. The van der Waals surface area contributed by atoms with Crippen LogP contribution in [0.3, 0.4) is 0 Å². The van der Waals surface area contributed by atoms with Crippen molar-refractivity contribution < 1.29 is 4.90 Å². The van der Waals surface area contributed by atoms with Crippen LogP contribution in [0.4, 0.5) is 0 Å². The zero-order valence-corrected chi connectivity index (χ0v) is 7.78. The van der Waals surface area contributed by atoms with Gasteiger partial charge in [-0.15, -0.1) is 0 Å². The van der Waals surface area contributed by atoms with Gasteiger partial charge in [0, 0.05) is 11.8 Å². The van der Waals surface area contributed by atoms with Gasteiger partial charge >= 0.3 is 0 Å². The number of hydrogen-bond donors (Lipinski definition) is 1. The Morgan fingerprint density at radius 2 is 1.30 bits per heavy atom. The zero-order valence-electron chi connectivity index (χ0n) is 7.78. The van der Waals surface area contributed by atoms with Crippen LogP contribution in [0.25, 0.3) is 0 Å². The Hall–Kier alpha value is -0.0400. The predicted molar refractivity (Wildman–Crippen MR) is 45.7 cm³/mol. The summed E-state index contributed by atoms with van der Waals surface area (Å²) in [7, 11) is 4.04. The maximum absolute atomic E-state index is 4.04. The van der Waals surface area contributed by atoms with Crippen LogP contribution in [0, 0.1) is 18.9 Å². The first-order chi connectivity index (χ1) is 4.52. The molecule has 0 aromatic carbocycles. The van der Waals surface area contributed by atoms with E-state index in [2.05, 4.69) is 34.7 Å². The van der Waals surface area contributed by atoms with E-state index in [1.807, 2.05) is 0 Å². The lowest BCUT2D eigenvalue weighted by atomic mass is 10.1. The summed E-state index contributed by atoms with van der Waals surface area (Å²) >= 11 is 0. The molecule has 0 aliphatic rings. The molecule has 0 unspecified atom stereocenters. The Bertz CT molecular complexity index is 66.8. The monoisotopic (exact) mass is 143 g/mol. The van der Waals surface area contributed by atoms with Crippen molar-refractivity contribution in [2.45, 2.75) is 27.7 Å². The Balaban J connectivity index is 3.34. The highest BCUT2D eigenvalue weighted by Gasteiger charge is 2.01. The first kappa shape index (κ1) is 9.96. The highest BCUT2D eigenvalue weighted by molar-refractivity contribution is 4.41. The largest absolute Gasteiger partial charge is 0.467 e. The summed E-state index contributed by atoms with van der Waals surface area (Å²) in [4.78, 5) is 1.41. The van der Waals surface area contributed by atoms with Gasteiger partial charge < -0.3 is 4.90 Å². The molecule has 0 rings (SSSR count). The van der Waals surface area contributed by atoms with E-state index in [9.17, 15) is 0 Å². The minimum Gasteiger partial charge on any atom is -0.467 e. The van der Waals surface area contributed by atoms with Crippen LogP contribution in [0.2, 0.25) is 0 Å². The van der Waals surface area contributed by atoms with Crippen molar-refractivity contribution >= 4 is 0 Å². The maximum Gasteiger partial charge on any atom is 0.0553 e. The summed E-state index contributed by atoms with van der Waals surface area (Å²) in [5.74, 6) is 1.54. The summed E-state index contributed by atoms with van der Waals surface area (Å²) in [5, 5.41) is 0. The SMILES string of the molecule is [CH2-][NH+](CC(C)C)CC(C)C. The second-order valence-electron chi connectivity index (χ2n) is 3.95. The lowest BCUT2D eigenvalue weighted by molar-refractivity contribution is -0.860. The van der Waals surface area contributed by atoms with Gasteiger partial charge in [-0.1, -0.05) is 27.7 Å². The molecule has 0 spiro atoms. The molecule has 10 heavy (non-hydrogen) atoms. The molecule has 0 aromatic rings. The lowest BCUT2D eigenvalue weighted by Crippen LogP contribution is -3.08. The van der Waals surface area contributed by atoms with Crippen LogP contribution < -0.4 is 4.90 Å². The van der Waals surface area contributed by atoms with Crippen molar-refractivity contribution in [2.75, 3.05) is 13.1 Å². The van der Waals surface area contributed by atoms with E-state index in [-0.39, 0.29) is 0 Å². The van der Waals surface area contributed by atoms with Gasteiger partial charge in [-0.25, -0.2) is 0 Å². The second kappa shape index (κ2) is 4.73. The first-order valence-corrected chi connectivity index (χ1v) is 4.19. The normalized spacial score (nSPS) is 12.0. The molecule has 1 nitrogen and oxygen atoms in total. The van der Waals surface area contributed by atoms with Gasteiger partial charge in [0.25, 0.3) is 0 Å². The van der Waals surface area contributed by atoms with E-state index in [0.29, 0.717) is 0 Å². The second-order valence-corrected chi connectivity index (χ2v) is 3.95. The molecular formula is C9H21N. The number of quaternary nitrogens is 1. The number of hydrogen-bond acceptors (Lipinski definition) is 0. The molecule has 1 heteroatoms. The molecule has 0 heterocycles. The summed E-state index contributed by atoms with van der Waals surface area (Å²) in [6, 6.07) is 0. The van der Waals surface area contributed by atoms with Gasteiger partial charge in [-0.2, -0.15) is 7.05 Å². The molecule has 0 amide bonds. The molecule has 0 radical (unpaired) electrons. The molecule has 62 valence electrons. The molecule has 0 atom stereocenters. The smallest absolute Gasteiger partial charge is 0.0553 e. The fourth-order valence-electron chi connectivity index (χ4n) is 1.24. The van der Waals surface area contributed by atoms with Crippen molar-refractivity contribution in [3.05, 3.63) is 7.05 Å². The van der Waals surface area contributed by atoms with Crippen LogP contribution in [0.15, 0.2) is 0 Å². The van der Waals surface area contributed by atoms with Crippen molar-refractivity contribution in [2.24, 2.45) is 11.8 Å². The molecular weight excluding hydrogens is 122 g/mol. The Kier molecular flexibility index (Phi) is 4.71. The molecule has 0 saturated carbocycles. The van der Waals surface area contributed by atoms with E-state index in [1.54, 1.807) is 0 Å². The third kappa shape index (κ3) is 6.09. The number of nitrogens with one attached hydrogen (secondary N) is 1. The van der Waals surface area contributed by atoms with E-state index in [0.717, 1.165) is 11.8 Å². The zero-order chi connectivity index (χ0) is 8.15. The van der Waals surface area contributed by atoms with Crippen LogP contribution in [-0.4, -0.2) is 13.1 Å². The molecule has 0 aromatic heterocycles. The molecule has 1 N–H and O–H groups in total. The standard InChI is InChI=1S/C9H21N/c1-8(2)6-10(5)7-9(3)4/h8-10H,5-7H2,1-4H3. The van der Waals surface area contributed by atoms with Crippen molar-refractivity contribution in [3.63, 3.8) is 0 Å². The third-order valence-electron chi connectivity index (χ3n) is 1.39. The minimum atomic E-state index is 0.770. The predicted octanol–water partition coefficient (Wildman–Crippen LogP) is 0.975. The highest BCUT2D eigenvalue weighted by Crippen LogP contribution is 1.86. The van der Waals surface area contributed by atoms with Crippen molar-refractivity contribution in [1.29, 1.82) is 0 Å².